The van der Waals surface area contributed by atoms with Crippen LogP contribution in [-0.2, 0) is 0 Å². The summed E-state index contributed by atoms with van der Waals surface area (Å²) < 4.78 is 3.38. The molecule has 1 aliphatic carbocycles. The molecule has 1 aromatic heterocycles. The van der Waals surface area contributed by atoms with Crippen LogP contribution in [0.25, 0.3) is 0 Å². The van der Waals surface area contributed by atoms with Gasteiger partial charge < -0.3 is 5.11 Å². The largest absolute Gasteiger partial charge is 0.391 e. The molecule has 0 radical (unpaired) electrons. The van der Waals surface area contributed by atoms with E-state index in [1.807, 2.05) is 13.8 Å². The Hall–Kier alpha value is -1.03. The average Bonchev–Trinajstić information content (AvgIpc) is 2.71. The van der Waals surface area contributed by atoms with Crippen molar-refractivity contribution in [2.75, 3.05) is 0 Å². The van der Waals surface area contributed by atoms with Crippen LogP contribution in [0, 0.1) is 0 Å². The van der Waals surface area contributed by atoms with E-state index in [1.165, 1.54) is 0 Å². The van der Waals surface area contributed by atoms with Gasteiger partial charge in [-0.15, -0.1) is 0 Å². The summed E-state index contributed by atoms with van der Waals surface area (Å²) in [6.07, 6.45) is 5.96. The molecule has 2 atom stereocenters. The first-order chi connectivity index (χ1) is 7.11. The number of aliphatic hydroxyl groups is 1. The van der Waals surface area contributed by atoms with Gasteiger partial charge in [0.1, 0.15) is 0 Å². The van der Waals surface area contributed by atoms with E-state index < -0.39 is 0 Å². The second kappa shape index (κ2) is 3.85. The molecule has 0 amide bonds. The monoisotopic (exact) mass is 210 g/mol. The van der Waals surface area contributed by atoms with Crippen LogP contribution in [0.2, 0.25) is 0 Å². The molecule has 0 aromatic carbocycles. The second-order valence-electron chi connectivity index (χ2n) is 4.55. The number of nitrogens with zero attached hydrogens (tertiary/aromatic N) is 2. The lowest BCUT2D eigenvalue weighted by Gasteiger charge is -2.15. The topological polar surface area (TPSA) is 47.2 Å². The van der Waals surface area contributed by atoms with E-state index in [9.17, 15) is 9.90 Å². The molecule has 1 aliphatic rings. The van der Waals surface area contributed by atoms with Crippen molar-refractivity contribution in [2.45, 2.75) is 51.3 Å². The summed E-state index contributed by atoms with van der Waals surface area (Å²) in [5.41, 5.74) is -0.00375. The molecule has 0 unspecified atom stereocenters. The lowest BCUT2D eigenvalue weighted by molar-refractivity contribution is 0.134. The van der Waals surface area contributed by atoms with Gasteiger partial charge in [-0.1, -0.05) is 0 Å². The second-order valence-corrected chi connectivity index (χ2v) is 4.55. The Labute approximate surface area is 89.1 Å². The molecule has 1 N–H and O–H groups in total. The number of imidazole rings is 1. The van der Waals surface area contributed by atoms with Gasteiger partial charge in [0.05, 0.1) is 12.1 Å². The lowest BCUT2D eigenvalue weighted by atomic mass is 10.2. The van der Waals surface area contributed by atoms with E-state index in [0.717, 1.165) is 19.3 Å². The van der Waals surface area contributed by atoms with E-state index >= 15 is 0 Å². The highest BCUT2D eigenvalue weighted by molar-refractivity contribution is 4.92. The summed E-state index contributed by atoms with van der Waals surface area (Å²) in [4.78, 5) is 12.0. The first-order valence-corrected chi connectivity index (χ1v) is 5.58. The van der Waals surface area contributed by atoms with Gasteiger partial charge in [0.25, 0.3) is 0 Å². The van der Waals surface area contributed by atoms with E-state index in [4.69, 9.17) is 0 Å². The molecule has 0 aliphatic heterocycles. The minimum atomic E-state index is -0.356. The first-order valence-electron chi connectivity index (χ1n) is 5.58. The van der Waals surface area contributed by atoms with Gasteiger partial charge >= 0.3 is 5.69 Å². The molecular weight excluding hydrogens is 192 g/mol. The molecule has 0 spiro atoms. The molecule has 0 saturated heterocycles. The quantitative estimate of drug-likeness (QED) is 0.800. The average molecular weight is 210 g/mol. The molecule has 0 bridgehead atoms. The van der Waals surface area contributed by atoms with Crippen LogP contribution in [0.4, 0.5) is 0 Å². The van der Waals surface area contributed by atoms with Crippen LogP contribution >= 0.6 is 0 Å². The maximum Gasteiger partial charge on any atom is 0.328 e. The standard InChI is InChI=1S/C11H18N2O2/c1-8(2)12-6-7-13(11(12)15)9-4-3-5-10(9)14/h6-10,14H,3-5H2,1-2H3/t9-,10-/m0/s1. The van der Waals surface area contributed by atoms with Gasteiger partial charge in [0, 0.05) is 18.4 Å². The molecule has 1 saturated carbocycles. The fourth-order valence-corrected chi connectivity index (χ4v) is 2.30. The number of hydrogen-bond acceptors (Lipinski definition) is 2. The Morgan fingerprint density at radius 3 is 2.60 bits per heavy atom. The van der Waals surface area contributed by atoms with E-state index in [-0.39, 0.29) is 23.9 Å². The maximum atomic E-state index is 12.0. The minimum Gasteiger partial charge on any atom is -0.391 e. The zero-order valence-corrected chi connectivity index (χ0v) is 9.26. The molecule has 2 rings (SSSR count). The van der Waals surface area contributed by atoms with Crippen LogP contribution in [0.1, 0.15) is 45.2 Å². The van der Waals surface area contributed by atoms with Crippen LogP contribution in [0.5, 0.6) is 0 Å². The van der Waals surface area contributed by atoms with Crippen molar-refractivity contribution in [1.29, 1.82) is 0 Å². The summed E-state index contributed by atoms with van der Waals surface area (Å²) >= 11 is 0. The van der Waals surface area contributed by atoms with Crippen molar-refractivity contribution in [3.05, 3.63) is 22.9 Å². The van der Waals surface area contributed by atoms with Crippen LogP contribution in [-0.4, -0.2) is 20.3 Å². The van der Waals surface area contributed by atoms with Gasteiger partial charge in [-0.25, -0.2) is 4.79 Å². The summed E-state index contributed by atoms with van der Waals surface area (Å²) in [6, 6.07) is 0.162. The smallest absolute Gasteiger partial charge is 0.328 e. The molecule has 84 valence electrons. The van der Waals surface area contributed by atoms with Gasteiger partial charge in [-0.2, -0.15) is 0 Å². The SMILES string of the molecule is CC(C)n1ccn([C@H]2CCC[C@@H]2O)c1=O. The number of aromatic nitrogens is 2. The number of aliphatic hydroxyl groups excluding tert-OH is 1. The Bertz CT molecular complexity index is 392. The molecule has 1 heterocycles. The highest BCUT2D eigenvalue weighted by Crippen LogP contribution is 2.28. The Morgan fingerprint density at radius 1 is 1.40 bits per heavy atom. The third-order valence-electron chi connectivity index (χ3n) is 3.19. The van der Waals surface area contributed by atoms with Crippen molar-refractivity contribution < 1.29 is 5.11 Å². The molecule has 4 heteroatoms. The van der Waals surface area contributed by atoms with Crippen LogP contribution in [0.15, 0.2) is 17.2 Å². The van der Waals surface area contributed by atoms with Crippen molar-refractivity contribution in [1.82, 2.24) is 9.13 Å². The van der Waals surface area contributed by atoms with Gasteiger partial charge in [0.15, 0.2) is 0 Å². The third-order valence-corrected chi connectivity index (χ3v) is 3.19. The zero-order chi connectivity index (χ0) is 11.0. The molecule has 15 heavy (non-hydrogen) atoms. The fourth-order valence-electron chi connectivity index (χ4n) is 2.30. The Kier molecular flexibility index (Phi) is 2.69. The summed E-state index contributed by atoms with van der Waals surface area (Å²) in [5, 5.41) is 9.75. The molecular formula is C11H18N2O2. The predicted octanol–water partition coefficient (Wildman–Crippen LogP) is 1.32. The highest BCUT2D eigenvalue weighted by Gasteiger charge is 2.28. The van der Waals surface area contributed by atoms with Gasteiger partial charge in [-0.05, 0) is 33.1 Å². The van der Waals surface area contributed by atoms with Crippen molar-refractivity contribution in [3.8, 4) is 0 Å². The summed E-state index contributed by atoms with van der Waals surface area (Å²) in [7, 11) is 0. The Morgan fingerprint density at radius 2 is 2.13 bits per heavy atom. The third kappa shape index (κ3) is 1.74. The number of rotatable bonds is 2. The lowest BCUT2D eigenvalue weighted by Crippen LogP contribution is -2.31. The van der Waals surface area contributed by atoms with E-state index in [0.29, 0.717) is 0 Å². The fraction of sp³-hybridized carbons (Fsp3) is 0.727. The van der Waals surface area contributed by atoms with Crippen molar-refractivity contribution >= 4 is 0 Å². The summed E-state index contributed by atoms with van der Waals surface area (Å²) in [6.45, 7) is 3.97. The van der Waals surface area contributed by atoms with E-state index in [1.54, 1.807) is 21.5 Å². The number of hydrogen-bond donors (Lipinski definition) is 1. The normalized spacial score (nSPS) is 26.4. The van der Waals surface area contributed by atoms with Gasteiger partial charge in [-0.3, -0.25) is 9.13 Å². The maximum absolute atomic E-state index is 12.0. The summed E-state index contributed by atoms with van der Waals surface area (Å²) in [5.74, 6) is 0. The molecule has 1 fully saturated rings. The van der Waals surface area contributed by atoms with Crippen LogP contribution < -0.4 is 5.69 Å². The first kappa shape index (κ1) is 10.5. The van der Waals surface area contributed by atoms with E-state index in [2.05, 4.69) is 0 Å². The zero-order valence-electron chi connectivity index (χ0n) is 9.26. The predicted molar refractivity (Wildman–Crippen MR) is 58.0 cm³/mol. The van der Waals surface area contributed by atoms with Crippen molar-refractivity contribution in [3.63, 3.8) is 0 Å². The Balaban J connectivity index is 2.33. The van der Waals surface area contributed by atoms with Crippen molar-refractivity contribution in [2.24, 2.45) is 0 Å². The molecule has 4 nitrogen and oxygen atoms in total. The van der Waals surface area contributed by atoms with Gasteiger partial charge in [0.2, 0.25) is 0 Å². The minimum absolute atomic E-state index is 0.00375. The molecule has 1 aromatic rings. The highest BCUT2D eigenvalue weighted by atomic mass is 16.3. The van der Waals surface area contributed by atoms with Crippen LogP contribution in [0.3, 0.4) is 0 Å².